The molecule has 1 aliphatic heterocycles. The van der Waals surface area contributed by atoms with Crippen molar-refractivity contribution in [2.45, 2.75) is 32.4 Å². The van der Waals surface area contributed by atoms with E-state index in [1.54, 1.807) is 7.11 Å². The number of methoxy groups -OCH3 is 1. The fourth-order valence-corrected chi connectivity index (χ4v) is 3.58. The Morgan fingerprint density at radius 1 is 1.40 bits per heavy atom. The van der Waals surface area contributed by atoms with E-state index in [0.29, 0.717) is 0 Å². The number of anilines is 1. The van der Waals surface area contributed by atoms with Crippen molar-refractivity contribution in [2.24, 2.45) is 5.92 Å². The van der Waals surface area contributed by atoms with Crippen molar-refractivity contribution < 1.29 is 13.2 Å². The summed E-state index contributed by atoms with van der Waals surface area (Å²) in [4.78, 5) is 0. The van der Waals surface area contributed by atoms with Crippen LogP contribution < -0.4 is 14.8 Å². The maximum atomic E-state index is 11.6. The molecule has 3 atom stereocenters. The first-order valence-electron chi connectivity index (χ1n) is 6.77. The van der Waals surface area contributed by atoms with Gasteiger partial charge < -0.3 is 10.1 Å². The third-order valence-electron chi connectivity index (χ3n) is 3.88. The molecule has 0 amide bonds. The Labute approximate surface area is 120 Å². The molecule has 2 rings (SSSR count). The zero-order valence-corrected chi connectivity index (χ0v) is 13.1. The van der Waals surface area contributed by atoms with Gasteiger partial charge in [0.25, 0.3) is 0 Å². The molecule has 6 heteroatoms. The summed E-state index contributed by atoms with van der Waals surface area (Å²) in [6.07, 6.45) is 2.14. The maximum absolute atomic E-state index is 11.6. The lowest BCUT2D eigenvalue weighted by atomic mass is 9.83. The lowest BCUT2D eigenvalue weighted by Crippen LogP contribution is -2.43. The van der Waals surface area contributed by atoms with E-state index in [1.165, 1.54) is 6.26 Å². The molecule has 1 heterocycles. The Kier molecular flexibility index (Phi) is 4.25. The smallest absolute Gasteiger partial charge is 0.209 e. The minimum absolute atomic E-state index is 0.161. The molecule has 112 valence electrons. The average molecular weight is 298 g/mol. The Hall–Kier alpha value is -1.27. The SMILES string of the molecule is CC[C@H]1Nc2ccc(OC)cc2[C@@H](NS(C)(=O)=O)[C@@H]1C. The summed E-state index contributed by atoms with van der Waals surface area (Å²) in [5, 5.41) is 3.47. The maximum Gasteiger partial charge on any atom is 0.209 e. The first-order valence-corrected chi connectivity index (χ1v) is 8.66. The number of sulfonamides is 1. The van der Waals surface area contributed by atoms with Crippen LogP contribution in [0.4, 0.5) is 5.69 Å². The summed E-state index contributed by atoms with van der Waals surface area (Å²) in [5.74, 6) is 0.891. The molecular weight excluding hydrogens is 276 g/mol. The van der Waals surface area contributed by atoms with E-state index in [0.717, 1.165) is 23.4 Å². The van der Waals surface area contributed by atoms with Gasteiger partial charge in [-0.2, -0.15) is 0 Å². The third-order valence-corrected chi connectivity index (χ3v) is 4.56. The average Bonchev–Trinajstić information content (AvgIpc) is 2.40. The molecule has 0 aromatic heterocycles. The van der Waals surface area contributed by atoms with Crippen molar-refractivity contribution in [1.29, 1.82) is 0 Å². The van der Waals surface area contributed by atoms with E-state index >= 15 is 0 Å². The number of ether oxygens (including phenoxy) is 1. The Morgan fingerprint density at radius 3 is 2.65 bits per heavy atom. The normalized spacial score (nSPS) is 25.7. The van der Waals surface area contributed by atoms with Gasteiger partial charge in [-0.3, -0.25) is 0 Å². The molecule has 0 aliphatic carbocycles. The molecule has 2 N–H and O–H groups in total. The number of hydrogen-bond donors (Lipinski definition) is 2. The molecule has 5 nitrogen and oxygen atoms in total. The van der Waals surface area contributed by atoms with Crippen LogP contribution in [0.5, 0.6) is 5.75 Å². The minimum atomic E-state index is -3.27. The molecule has 0 unspecified atom stereocenters. The van der Waals surface area contributed by atoms with Crippen LogP contribution in [0.1, 0.15) is 31.9 Å². The lowest BCUT2D eigenvalue weighted by Gasteiger charge is -2.38. The van der Waals surface area contributed by atoms with Gasteiger partial charge in [-0.15, -0.1) is 0 Å². The number of nitrogens with one attached hydrogen (secondary N) is 2. The van der Waals surface area contributed by atoms with Crippen molar-refractivity contribution in [3.05, 3.63) is 23.8 Å². The van der Waals surface area contributed by atoms with Gasteiger partial charge in [-0.05, 0) is 36.1 Å². The Bertz CT molecular complexity index is 586. The lowest BCUT2D eigenvalue weighted by molar-refractivity contribution is 0.356. The van der Waals surface area contributed by atoms with Crippen LogP contribution >= 0.6 is 0 Å². The first kappa shape index (κ1) is 15.1. The van der Waals surface area contributed by atoms with Crippen LogP contribution in [0.25, 0.3) is 0 Å². The number of benzene rings is 1. The molecule has 0 spiro atoms. The molecule has 1 aromatic carbocycles. The molecule has 1 aliphatic rings. The quantitative estimate of drug-likeness (QED) is 0.893. The van der Waals surface area contributed by atoms with Gasteiger partial charge in [0.15, 0.2) is 0 Å². The predicted octanol–water partition coefficient (Wildman–Crippen LogP) is 2.13. The molecule has 20 heavy (non-hydrogen) atoms. The molecular formula is C14H22N2O3S. The fraction of sp³-hybridized carbons (Fsp3) is 0.571. The van der Waals surface area contributed by atoms with Crippen molar-refractivity contribution >= 4 is 15.7 Å². The summed E-state index contributed by atoms with van der Waals surface area (Å²) in [6.45, 7) is 4.16. The highest BCUT2D eigenvalue weighted by Gasteiger charge is 2.34. The van der Waals surface area contributed by atoms with Gasteiger partial charge in [0.1, 0.15) is 5.75 Å². The van der Waals surface area contributed by atoms with Crippen LogP contribution in [-0.4, -0.2) is 27.8 Å². The standard InChI is InChI=1S/C14H22N2O3S/c1-5-12-9(2)14(16-20(4,17)18)11-8-10(19-3)6-7-13(11)15-12/h6-9,12,14-16H,5H2,1-4H3/t9-,12-,14+/m1/s1. The Balaban J connectivity index is 2.47. The largest absolute Gasteiger partial charge is 0.497 e. The van der Waals surface area contributed by atoms with Crippen LogP contribution in [-0.2, 0) is 10.0 Å². The zero-order chi connectivity index (χ0) is 14.9. The summed E-state index contributed by atoms with van der Waals surface area (Å²) >= 11 is 0. The fourth-order valence-electron chi connectivity index (χ4n) is 2.78. The highest BCUT2D eigenvalue weighted by Crippen LogP contribution is 2.39. The van der Waals surface area contributed by atoms with Crippen LogP contribution in [0.2, 0.25) is 0 Å². The topological polar surface area (TPSA) is 67.4 Å². The van der Waals surface area contributed by atoms with Gasteiger partial charge in [0.05, 0.1) is 19.4 Å². The third kappa shape index (κ3) is 3.07. The van der Waals surface area contributed by atoms with Crippen molar-refractivity contribution in [3.63, 3.8) is 0 Å². The van der Waals surface area contributed by atoms with E-state index in [9.17, 15) is 8.42 Å². The second-order valence-electron chi connectivity index (χ2n) is 5.34. The van der Waals surface area contributed by atoms with Crippen LogP contribution in [0.3, 0.4) is 0 Å². The van der Waals surface area contributed by atoms with Gasteiger partial charge in [0, 0.05) is 11.7 Å². The minimum Gasteiger partial charge on any atom is -0.497 e. The monoisotopic (exact) mass is 298 g/mol. The summed E-state index contributed by atoms with van der Waals surface area (Å²) < 4.78 is 31.3. The van der Waals surface area contributed by atoms with E-state index in [-0.39, 0.29) is 18.0 Å². The summed E-state index contributed by atoms with van der Waals surface area (Å²) in [7, 11) is -1.66. The molecule has 0 saturated heterocycles. The van der Waals surface area contributed by atoms with Gasteiger partial charge >= 0.3 is 0 Å². The van der Waals surface area contributed by atoms with Crippen LogP contribution in [0.15, 0.2) is 18.2 Å². The van der Waals surface area contributed by atoms with Crippen molar-refractivity contribution in [1.82, 2.24) is 4.72 Å². The van der Waals surface area contributed by atoms with Crippen molar-refractivity contribution in [2.75, 3.05) is 18.7 Å². The van der Waals surface area contributed by atoms with Crippen LogP contribution in [0, 0.1) is 5.92 Å². The van der Waals surface area contributed by atoms with Crippen molar-refractivity contribution in [3.8, 4) is 5.75 Å². The molecule has 0 saturated carbocycles. The highest BCUT2D eigenvalue weighted by atomic mass is 32.2. The van der Waals surface area contributed by atoms with Gasteiger partial charge in [-0.25, -0.2) is 13.1 Å². The molecule has 0 bridgehead atoms. The first-order chi connectivity index (χ1) is 9.35. The van der Waals surface area contributed by atoms with E-state index in [4.69, 9.17) is 4.74 Å². The zero-order valence-electron chi connectivity index (χ0n) is 12.3. The van der Waals surface area contributed by atoms with E-state index in [2.05, 4.69) is 23.9 Å². The number of rotatable bonds is 4. The predicted molar refractivity (Wildman–Crippen MR) is 80.6 cm³/mol. The second kappa shape index (κ2) is 5.61. The summed E-state index contributed by atoms with van der Waals surface area (Å²) in [5.41, 5.74) is 1.91. The van der Waals surface area contributed by atoms with Gasteiger partial charge in [0.2, 0.25) is 10.0 Å². The number of fused-ring (bicyclic) bond motifs is 1. The second-order valence-corrected chi connectivity index (χ2v) is 7.12. The number of hydrogen-bond acceptors (Lipinski definition) is 4. The molecule has 1 aromatic rings. The van der Waals surface area contributed by atoms with Gasteiger partial charge in [-0.1, -0.05) is 13.8 Å². The summed E-state index contributed by atoms with van der Waals surface area (Å²) in [6, 6.07) is 5.73. The van der Waals surface area contributed by atoms with E-state index in [1.807, 2.05) is 18.2 Å². The Morgan fingerprint density at radius 2 is 2.10 bits per heavy atom. The van der Waals surface area contributed by atoms with E-state index < -0.39 is 10.0 Å². The highest BCUT2D eigenvalue weighted by molar-refractivity contribution is 7.88. The molecule has 0 fully saturated rings. The molecule has 0 radical (unpaired) electrons.